The summed E-state index contributed by atoms with van der Waals surface area (Å²) in [5, 5.41) is 69.1. The number of nitrogens with zero attached hydrogens (tertiary/aromatic N) is 2. The molecule has 1 aliphatic rings. The molecule has 510 valence electrons. The summed E-state index contributed by atoms with van der Waals surface area (Å²) in [6.45, 7) is 6.64. The predicted molar refractivity (Wildman–Crippen MR) is 323 cm³/mol. The number of aliphatic hydroxyl groups excluding tert-OH is 3. The molecule has 0 aromatic carbocycles. The molecule has 0 saturated carbocycles. The van der Waals surface area contributed by atoms with Crippen LogP contribution in [0, 0.1) is 11.8 Å². The summed E-state index contributed by atoms with van der Waals surface area (Å²) in [6, 6.07) is -17.2. The van der Waals surface area contributed by atoms with Gasteiger partial charge in [-0.3, -0.25) is 67.5 Å². The maximum atomic E-state index is 14.1. The van der Waals surface area contributed by atoms with Gasteiger partial charge in [0.2, 0.25) is 70.9 Å². The summed E-state index contributed by atoms with van der Waals surface area (Å²) >= 11 is 0. The van der Waals surface area contributed by atoms with Gasteiger partial charge in [-0.15, -0.1) is 0 Å². The van der Waals surface area contributed by atoms with E-state index in [-0.39, 0.29) is 94.7 Å². The van der Waals surface area contributed by atoms with E-state index in [1.807, 2.05) is 13.8 Å². The van der Waals surface area contributed by atoms with Gasteiger partial charge in [0, 0.05) is 19.5 Å². The number of aliphatic hydroxyl groups is 3. The van der Waals surface area contributed by atoms with Gasteiger partial charge in [0.1, 0.15) is 66.5 Å². The van der Waals surface area contributed by atoms with Gasteiger partial charge in [-0.2, -0.15) is 0 Å². The van der Waals surface area contributed by atoms with Crippen LogP contribution >= 0.6 is 0 Å². The summed E-state index contributed by atoms with van der Waals surface area (Å²) in [5.41, 5.74) is 32.6. The molecular weight excluding hydrogens is 1190 g/mol. The Morgan fingerprint density at radius 2 is 0.844 bits per heavy atom. The second-order valence-corrected chi connectivity index (χ2v) is 22.2. The van der Waals surface area contributed by atoms with Crippen LogP contribution in [0.25, 0.3) is 0 Å². The van der Waals surface area contributed by atoms with E-state index in [4.69, 9.17) is 34.4 Å². The van der Waals surface area contributed by atoms with Gasteiger partial charge in [-0.05, 0) is 103 Å². The maximum Gasteiger partial charge on any atom is 0.326 e. The first-order valence-corrected chi connectivity index (χ1v) is 29.5. The number of amides is 12. The first-order valence-electron chi connectivity index (χ1n) is 29.5. The van der Waals surface area contributed by atoms with Crippen molar-refractivity contribution in [3.8, 4) is 0 Å². The van der Waals surface area contributed by atoms with Crippen molar-refractivity contribution in [3.05, 3.63) is 0 Å². The number of rotatable bonds is 43. The third kappa shape index (κ3) is 30.1. The molecule has 1 rings (SSSR count). The number of hydrogen-bond acceptors (Lipinski definition) is 20. The highest BCUT2D eigenvalue weighted by Gasteiger charge is 2.37. The Morgan fingerprint density at radius 3 is 1.24 bits per heavy atom. The number of nitrogens with two attached hydrogens (primary N) is 6. The van der Waals surface area contributed by atoms with E-state index >= 15 is 0 Å². The van der Waals surface area contributed by atoms with E-state index in [0.717, 1.165) is 6.42 Å². The SMILES string of the molecule is CC(C)C[C@H](NC(=O)[C@@H]1CCCN1)C(=O)N[C@@H](C)C(=O)N[C@@H](CCC(N)=O)C(=O)N[C@@H](C)C(=O)N[C@H](C(=O)N[C@@H](CCCN)C(=O)N[C@@H](CCCN=C(N)N)C(=O)N[C@@H](CO)C(=O)N[C@@H](CO)C(=O)N[C@@H](CO)C(=O)N[C@@H](CCCN=C(N)N)C(=O)O)C(C)C. The molecule has 1 aliphatic heterocycles. The average Bonchev–Trinajstić information content (AvgIpc) is 1.88. The van der Waals surface area contributed by atoms with Crippen LogP contribution in [-0.4, -0.2) is 228 Å². The molecule has 0 bridgehead atoms. The predicted octanol–water partition coefficient (Wildman–Crippen LogP) is -10.0. The lowest BCUT2D eigenvalue weighted by Gasteiger charge is -2.28. The zero-order valence-corrected chi connectivity index (χ0v) is 51.8. The van der Waals surface area contributed by atoms with Gasteiger partial charge in [0.05, 0.1) is 25.9 Å². The molecule has 0 aromatic rings. The van der Waals surface area contributed by atoms with Gasteiger partial charge in [0.25, 0.3) is 0 Å². The molecule has 12 amide bonds. The zero-order valence-electron chi connectivity index (χ0n) is 51.8. The largest absolute Gasteiger partial charge is 0.480 e. The Hall–Kier alpha value is -8.55. The number of hydrogen-bond donors (Lipinski definition) is 22. The van der Waals surface area contributed by atoms with Gasteiger partial charge < -0.3 is 119 Å². The molecule has 28 N–H and O–H groups in total. The fourth-order valence-electron chi connectivity index (χ4n) is 8.64. The number of carbonyl (C=O) groups excluding carboxylic acids is 12. The molecule has 0 aromatic heterocycles. The van der Waals surface area contributed by atoms with Gasteiger partial charge in [-0.25, -0.2) is 4.79 Å². The van der Waals surface area contributed by atoms with Crippen LogP contribution in [0.4, 0.5) is 0 Å². The van der Waals surface area contributed by atoms with E-state index < -0.39 is 176 Å². The van der Waals surface area contributed by atoms with Crippen LogP contribution in [0.5, 0.6) is 0 Å². The standard InChI is InChI=1S/C53H96N20O17/c1-25(2)21-34(69-42(80)29-12-8-18-60-29)46(84)64-27(5)40(78)65-32(15-16-38(55)77)43(81)63-28(6)41(79)73-39(26(3)4)50(88)67-30(11-7-17-54)44(82)66-31(13-9-19-61-52(56)57)45(83)70-36(23-75)48(86)72-37(24-76)49(87)71-35(22-74)47(85)68-33(51(89)90)14-10-20-62-53(58)59/h25-37,39,60,74-76H,7-24,54H2,1-6H3,(H2,55,77)(H,63,81)(H,64,84)(H,65,78)(H,66,82)(H,67,88)(H,68,85)(H,69,80)(H,70,83)(H,71,87)(H,72,86)(H,73,79)(H,89,90)(H4,56,57,61)(H4,58,59,62)/t27-,28-,29-,30-,31-,32-,33-,34-,35-,36-,37-,39-/m0/s1. The van der Waals surface area contributed by atoms with Crippen molar-refractivity contribution in [2.45, 2.75) is 185 Å². The van der Waals surface area contributed by atoms with E-state index in [0.29, 0.717) is 13.0 Å². The number of aliphatic carboxylic acids is 1. The van der Waals surface area contributed by atoms with Crippen LogP contribution in [0.2, 0.25) is 0 Å². The Labute approximate surface area is 520 Å². The van der Waals surface area contributed by atoms with Gasteiger partial charge in [0.15, 0.2) is 11.9 Å². The summed E-state index contributed by atoms with van der Waals surface area (Å²) in [6.07, 6.45) is 0.575. The number of aliphatic imine (C=N–C) groups is 2. The average molecular weight is 1290 g/mol. The van der Waals surface area contributed by atoms with Crippen molar-refractivity contribution >= 4 is 88.8 Å². The third-order valence-electron chi connectivity index (χ3n) is 13.7. The number of nitrogens with one attached hydrogen (secondary N) is 12. The van der Waals surface area contributed by atoms with Crippen LogP contribution in [-0.2, 0) is 62.3 Å². The van der Waals surface area contributed by atoms with Crippen LogP contribution in [0.3, 0.4) is 0 Å². The molecule has 1 saturated heterocycles. The van der Waals surface area contributed by atoms with Crippen molar-refractivity contribution in [3.63, 3.8) is 0 Å². The second kappa shape index (κ2) is 41.6. The number of carboxylic acid groups (broad SMARTS) is 1. The molecule has 1 fully saturated rings. The minimum atomic E-state index is -1.90. The number of primary amides is 1. The van der Waals surface area contributed by atoms with E-state index in [1.165, 1.54) is 13.8 Å². The van der Waals surface area contributed by atoms with Crippen molar-refractivity contribution in [1.29, 1.82) is 0 Å². The highest BCUT2D eigenvalue weighted by Crippen LogP contribution is 2.12. The first-order chi connectivity index (χ1) is 42.3. The Balaban J connectivity index is 3.27. The number of guanidine groups is 2. The van der Waals surface area contributed by atoms with Gasteiger partial charge >= 0.3 is 5.97 Å². The van der Waals surface area contributed by atoms with E-state index in [1.54, 1.807) is 13.8 Å². The van der Waals surface area contributed by atoms with Crippen molar-refractivity contribution < 1.29 is 82.8 Å². The number of carbonyl (C=O) groups is 13. The zero-order chi connectivity index (χ0) is 68.4. The molecule has 1 heterocycles. The first kappa shape index (κ1) is 79.5. The highest BCUT2D eigenvalue weighted by atomic mass is 16.4. The monoisotopic (exact) mass is 1280 g/mol. The quantitative estimate of drug-likeness (QED) is 0.0153. The topological polar surface area (TPSA) is 628 Å². The lowest BCUT2D eigenvalue weighted by Crippen LogP contribution is -2.61. The minimum absolute atomic E-state index is 0.00892. The van der Waals surface area contributed by atoms with Crippen molar-refractivity contribution in [1.82, 2.24) is 63.8 Å². The van der Waals surface area contributed by atoms with Crippen molar-refractivity contribution in [2.75, 3.05) is 46.0 Å². The Morgan fingerprint density at radius 1 is 0.467 bits per heavy atom. The Bertz CT molecular complexity index is 2490. The van der Waals surface area contributed by atoms with E-state index in [2.05, 4.69) is 73.8 Å². The second-order valence-electron chi connectivity index (χ2n) is 22.2. The number of carboxylic acids is 1. The van der Waals surface area contributed by atoms with Crippen LogP contribution < -0.4 is 98.2 Å². The van der Waals surface area contributed by atoms with Crippen LogP contribution in [0.1, 0.15) is 112 Å². The molecule has 0 aliphatic carbocycles. The summed E-state index contributed by atoms with van der Waals surface area (Å²) < 4.78 is 0. The van der Waals surface area contributed by atoms with E-state index in [9.17, 15) is 82.8 Å². The molecule has 90 heavy (non-hydrogen) atoms. The smallest absolute Gasteiger partial charge is 0.326 e. The molecular formula is C53H96N20O17. The lowest BCUT2D eigenvalue weighted by molar-refractivity contribution is -0.143. The third-order valence-corrected chi connectivity index (χ3v) is 13.7. The highest BCUT2D eigenvalue weighted by molar-refractivity contribution is 5.99. The lowest BCUT2D eigenvalue weighted by atomic mass is 10.0. The Kier molecular flexibility index (Phi) is 36.8. The molecule has 0 spiro atoms. The minimum Gasteiger partial charge on any atom is -0.480 e. The fourth-order valence-corrected chi connectivity index (χ4v) is 8.64. The summed E-state index contributed by atoms with van der Waals surface area (Å²) in [4.78, 5) is 180. The molecule has 12 atom stereocenters. The molecule has 37 heteroatoms. The maximum absolute atomic E-state index is 14.1. The summed E-state index contributed by atoms with van der Waals surface area (Å²) in [7, 11) is 0. The fraction of sp³-hybridized carbons (Fsp3) is 0.717. The van der Waals surface area contributed by atoms with Gasteiger partial charge in [-0.1, -0.05) is 27.7 Å². The normalized spacial score (nSPS) is 16.4. The van der Waals surface area contributed by atoms with Crippen molar-refractivity contribution in [2.24, 2.45) is 56.2 Å². The summed E-state index contributed by atoms with van der Waals surface area (Å²) in [5.74, 6) is -14.1. The molecule has 0 unspecified atom stereocenters. The van der Waals surface area contributed by atoms with Crippen LogP contribution in [0.15, 0.2) is 9.98 Å². The molecule has 37 nitrogen and oxygen atoms in total. The molecule has 0 radical (unpaired) electrons.